The molecule has 0 unspecified atom stereocenters. The quantitative estimate of drug-likeness (QED) is 0.829. The fourth-order valence-electron chi connectivity index (χ4n) is 2.79. The van der Waals surface area contributed by atoms with Gasteiger partial charge < -0.3 is 10.5 Å². The van der Waals surface area contributed by atoms with Crippen molar-refractivity contribution in [2.75, 3.05) is 19.7 Å². The van der Waals surface area contributed by atoms with E-state index in [1.54, 1.807) is 0 Å². The van der Waals surface area contributed by atoms with Crippen molar-refractivity contribution < 1.29 is 4.74 Å². The molecule has 3 rings (SSSR count). The normalized spacial score (nSPS) is 33.6. The van der Waals surface area contributed by atoms with Crippen LogP contribution in [-0.4, -0.2) is 36.7 Å². The van der Waals surface area contributed by atoms with Gasteiger partial charge in [0.15, 0.2) is 0 Å². The number of rotatable bonds is 1. The summed E-state index contributed by atoms with van der Waals surface area (Å²) in [4.78, 5) is 2.45. The smallest absolute Gasteiger partial charge is 0.0952 e. The number of ether oxygens (including phenoxy) is 1. The van der Waals surface area contributed by atoms with Gasteiger partial charge in [-0.15, -0.1) is 0 Å². The Hall–Kier alpha value is -0.610. The van der Waals surface area contributed by atoms with E-state index in [2.05, 4.69) is 4.90 Å². The fourth-order valence-corrected chi connectivity index (χ4v) is 2.92. The molecular formula is C13H17ClN2O. The molecule has 3 nitrogen and oxygen atoms in total. The van der Waals surface area contributed by atoms with E-state index in [0.717, 1.165) is 31.1 Å². The van der Waals surface area contributed by atoms with E-state index >= 15 is 0 Å². The van der Waals surface area contributed by atoms with E-state index in [0.29, 0.717) is 12.1 Å². The third-order valence-corrected chi connectivity index (χ3v) is 3.94. The Balaban J connectivity index is 1.72. The predicted molar refractivity (Wildman–Crippen MR) is 68.1 cm³/mol. The minimum Gasteiger partial charge on any atom is -0.371 e. The third kappa shape index (κ3) is 2.33. The second-order valence-electron chi connectivity index (χ2n) is 4.98. The van der Waals surface area contributed by atoms with Crippen LogP contribution in [0.1, 0.15) is 18.1 Å². The molecule has 0 bridgehead atoms. The summed E-state index contributed by atoms with van der Waals surface area (Å²) in [5.41, 5.74) is 7.19. The van der Waals surface area contributed by atoms with Crippen LogP contribution in [0.3, 0.4) is 0 Å². The van der Waals surface area contributed by atoms with Crippen LogP contribution in [0.15, 0.2) is 24.3 Å². The second kappa shape index (κ2) is 4.58. The molecule has 0 amide bonds. The Kier molecular flexibility index (Phi) is 3.09. The molecule has 2 N–H and O–H groups in total. The van der Waals surface area contributed by atoms with Crippen molar-refractivity contribution in [3.63, 3.8) is 0 Å². The molecule has 0 aromatic heterocycles. The van der Waals surface area contributed by atoms with Crippen LogP contribution in [0.4, 0.5) is 0 Å². The average Bonchev–Trinajstić information content (AvgIpc) is 2.69. The van der Waals surface area contributed by atoms with Crippen molar-refractivity contribution in [2.45, 2.75) is 24.6 Å². The summed E-state index contributed by atoms with van der Waals surface area (Å²) in [6.07, 6.45) is 1.22. The van der Waals surface area contributed by atoms with Gasteiger partial charge in [-0.1, -0.05) is 23.7 Å². The van der Waals surface area contributed by atoms with E-state index in [9.17, 15) is 0 Å². The van der Waals surface area contributed by atoms with Crippen LogP contribution in [0.5, 0.6) is 0 Å². The summed E-state index contributed by atoms with van der Waals surface area (Å²) in [5.74, 6) is 0. The molecular weight excluding hydrogens is 236 g/mol. The van der Waals surface area contributed by atoms with Gasteiger partial charge in [0.25, 0.3) is 0 Å². The molecule has 3 atom stereocenters. The fraction of sp³-hybridized carbons (Fsp3) is 0.538. The summed E-state index contributed by atoms with van der Waals surface area (Å²) < 4.78 is 5.93. The van der Waals surface area contributed by atoms with Crippen LogP contribution in [0.25, 0.3) is 0 Å². The van der Waals surface area contributed by atoms with Crippen molar-refractivity contribution in [2.24, 2.45) is 5.73 Å². The molecule has 2 aliphatic heterocycles. The maximum absolute atomic E-state index is 5.98. The Labute approximate surface area is 106 Å². The number of nitrogens with zero attached hydrogens (tertiary/aromatic N) is 1. The summed E-state index contributed by atoms with van der Waals surface area (Å²) in [6.45, 7) is 2.74. The molecule has 1 aromatic rings. The average molecular weight is 253 g/mol. The molecule has 17 heavy (non-hydrogen) atoms. The summed E-state index contributed by atoms with van der Waals surface area (Å²) in [6, 6.07) is 8.76. The van der Waals surface area contributed by atoms with Gasteiger partial charge in [-0.05, 0) is 24.1 Å². The van der Waals surface area contributed by atoms with Gasteiger partial charge in [-0.3, -0.25) is 4.90 Å². The predicted octanol–water partition coefficient (Wildman–Crippen LogP) is 1.81. The summed E-state index contributed by atoms with van der Waals surface area (Å²) in [7, 11) is 0. The first-order valence-electron chi connectivity index (χ1n) is 6.09. The Morgan fingerprint density at radius 2 is 2.00 bits per heavy atom. The Bertz CT molecular complexity index is 395. The third-order valence-electron chi connectivity index (χ3n) is 3.69. The van der Waals surface area contributed by atoms with Gasteiger partial charge in [-0.25, -0.2) is 0 Å². The van der Waals surface area contributed by atoms with Crippen molar-refractivity contribution in [1.29, 1.82) is 0 Å². The maximum atomic E-state index is 5.98. The van der Waals surface area contributed by atoms with Crippen molar-refractivity contribution >= 4 is 11.6 Å². The molecule has 4 heteroatoms. The lowest BCUT2D eigenvalue weighted by atomic mass is 10.1. The van der Waals surface area contributed by atoms with Gasteiger partial charge in [0.1, 0.15) is 0 Å². The van der Waals surface area contributed by atoms with Gasteiger partial charge in [-0.2, -0.15) is 0 Å². The standard InChI is InChI=1S/C13H17ClN2O/c14-10-3-1-9(2-4-10)13-7-16-6-11(15)5-12(16)8-17-13/h1-4,11-13H,5-8,15H2/t11-,12-,13+/m0/s1. The van der Waals surface area contributed by atoms with Gasteiger partial charge in [0.05, 0.1) is 12.7 Å². The molecule has 2 saturated heterocycles. The largest absolute Gasteiger partial charge is 0.371 e. The zero-order valence-electron chi connectivity index (χ0n) is 9.68. The van der Waals surface area contributed by atoms with Gasteiger partial charge in [0, 0.05) is 30.2 Å². The van der Waals surface area contributed by atoms with Gasteiger partial charge in [0.2, 0.25) is 0 Å². The highest BCUT2D eigenvalue weighted by atomic mass is 35.5. The van der Waals surface area contributed by atoms with Crippen LogP contribution in [-0.2, 0) is 4.74 Å². The lowest BCUT2D eigenvalue weighted by molar-refractivity contribution is -0.0501. The lowest BCUT2D eigenvalue weighted by Gasteiger charge is -2.35. The van der Waals surface area contributed by atoms with E-state index in [4.69, 9.17) is 22.1 Å². The van der Waals surface area contributed by atoms with Crippen molar-refractivity contribution in [3.8, 4) is 0 Å². The number of fused-ring (bicyclic) bond motifs is 1. The maximum Gasteiger partial charge on any atom is 0.0952 e. The Morgan fingerprint density at radius 3 is 2.76 bits per heavy atom. The number of morpholine rings is 1. The van der Waals surface area contributed by atoms with Crippen LogP contribution >= 0.6 is 11.6 Å². The first-order chi connectivity index (χ1) is 8.22. The summed E-state index contributed by atoms with van der Waals surface area (Å²) in [5, 5.41) is 0.769. The van der Waals surface area contributed by atoms with E-state index < -0.39 is 0 Å². The van der Waals surface area contributed by atoms with Crippen LogP contribution in [0.2, 0.25) is 5.02 Å². The van der Waals surface area contributed by atoms with Crippen molar-refractivity contribution in [1.82, 2.24) is 4.90 Å². The number of halogens is 1. The van der Waals surface area contributed by atoms with Crippen molar-refractivity contribution in [3.05, 3.63) is 34.9 Å². The molecule has 2 heterocycles. The molecule has 0 aliphatic carbocycles. The highest BCUT2D eigenvalue weighted by Crippen LogP contribution is 2.30. The number of nitrogens with two attached hydrogens (primary N) is 1. The number of benzene rings is 1. The lowest BCUT2D eigenvalue weighted by Crippen LogP contribution is -2.42. The van der Waals surface area contributed by atoms with E-state index in [1.807, 2.05) is 24.3 Å². The molecule has 2 fully saturated rings. The first-order valence-corrected chi connectivity index (χ1v) is 6.47. The molecule has 2 aliphatic rings. The van der Waals surface area contributed by atoms with Crippen LogP contribution in [0, 0.1) is 0 Å². The van der Waals surface area contributed by atoms with E-state index in [-0.39, 0.29) is 6.10 Å². The Morgan fingerprint density at radius 1 is 1.24 bits per heavy atom. The minimum atomic E-state index is 0.161. The topological polar surface area (TPSA) is 38.5 Å². The van der Waals surface area contributed by atoms with E-state index in [1.165, 1.54) is 5.56 Å². The second-order valence-corrected chi connectivity index (χ2v) is 5.41. The summed E-state index contributed by atoms with van der Waals surface area (Å²) >= 11 is 5.89. The first kappa shape index (κ1) is 11.5. The highest BCUT2D eigenvalue weighted by molar-refractivity contribution is 6.30. The SMILES string of the molecule is N[C@H]1C[C@H]2CO[C@@H](c3ccc(Cl)cc3)CN2C1. The highest BCUT2D eigenvalue weighted by Gasteiger charge is 2.36. The zero-order valence-corrected chi connectivity index (χ0v) is 10.4. The molecule has 0 saturated carbocycles. The number of hydrogen-bond donors (Lipinski definition) is 1. The zero-order chi connectivity index (χ0) is 11.8. The molecule has 0 radical (unpaired) electrons. The van der Waals surface area contributed by atoms with Gasteiger partial charge >= 0.3 is 0 Å². The monoisotopic (exact) mass is 252 g/mol. The molecule has 92 valence electrons. The van der Waals surface area contributed by atoms with Crippen LogP contribution < -0.4 is 5.73 Å². The number of hydrogen-bond acceptors (Lipinski definition) is 3. The minimum absolute atomic E-state index is 0.161. The molecule has 0 spiro atoms. The molecule has 1 aromatic carbocycles.